The molecule has 0 radical (unpaired) electrons. The van der Waals surface area contributed by atoms with Crippen LogP contribution in [0.25, 0.3) is 11.0 Å². The Bertz CT molecular complexity index is 1140. The number of hydrogen-bond acceptors (Lipinski definition) is 6. The average Bonchev–Trinajstić information content (AvgIpc) is 3.48. The van der Waals surface area contributed by atoms with Crippen molar-refractivity contribution in [2.45, 2.75) is 19.9 Å². The van der Waals surface area contributed by atoms with Crippen molar-refractivity contribution < 1.29 is 23.5 Å². The number of likely N-dealkylation sites (N-methyl/N-ethyl adjacent to an activating group) is 1. The highest BCUT2D eigenvalue weighted by molar-refractivity contribution is 6.31. The number of benzene rings is 1. The number of hydrogen-bond donors (Lipinski definition) is 1. The van der Waals surface area contributed by atoms with Crippen LogP contribution >= 0.6 is 11.6 Å². The number of fused-ring (bicyclic) bond motifs is 1. The predicted molar refractivity (Wildman–Crippen MR) is 116 cm³/mol. The summed E-state index contributed by atoms with van der Waals surface area (Å²) in [6.45, 7) is 6.68. The maximum Gasteiger partial charge on any atom is 0.290 e. The average molecular weight is 443 g/mol. The van der Waals surface area contributed by atoms with E-state index in [1.165, 1.54) is 11.2 Å². The molecule has 0 aliphatic carbocycles. The minimum atomic E-state index is -0.831. The molecule has 1 atom stereocenters. The van der Waals surface area contributed by atoms with Crippen LogP contribution < -0.4 is 0 Å². The highest BCUT2D eigenvalue weighted by atomic mass is 35.5. The highest BCUT2D eigenvalue weighted by Gasteiger charge is 2.45. The third-order valence-electron chi connectivity index (χ3n) is 5.61. The van der Waals surface area contributed by atoms with E-state index in [1.807, 2.05) is 13.8 Å². The summed E-state index contributed by atoms with van der Waals surface area (Å²) in [6.07, 6.45) is 1.48. The first-order chi connectivity index (χ1) is 14.9. The molecule has 8 heteroatoms. The number of furan rings is 2. The van der Waals surface area contributed by atoms with Crippen molar-refractivity contribution in [3.8, 4) is 0 Å². The zero-order chi connectivity index (χ0) is 22.1. The third kappa shape index (κ3) is 3.86. The molecule has 1 N–H and O–H groups in total. The Hall–Kier alpha value is -3.03. The van der Waals surface area contributed by atoms with Crippen molar-refractivity contribution in [1.82, 2.24) is 9.80 Å². The van der Waals surface area contributed by atoms with Gasteiger partial charge in [-0.2, -0.15) is 0 Å². The van der Waals surface area contributed by atoms with E-state index in [2.05, 4.69) is 4.90 Å². The summed E-state index contributed by atoms with van der Waals surface area (Å²) >= 11 is 6.03. The van der Waals surface area contributed by atoms with E-state index in [0.717, 1.165) is 13.1 Å². The van der Waals surface area contributed by atoms with Gasteiger partial charge in [-0.1, -0.05) is 25.4 Å². The molecular formula is C23H23ClN2O5. The Kier molecular flexibility index (Phi) is 5.89. The highest BCUT2D eigenvalue weighted by Crippen LogP contribution is 2.39. The van der Waals surface area contributed by atoms with Gasteiger partial charge in [-0.15, -0.1) is 0 Å². The lowest BCUT2D eigenvalue weighted by Gasteiger charge is -2.27. The molecule has 0 saturated carbocycles. The fraction of sp³-hybridized carbons (Fsp3) is 0.304. The summed E-state index contributed by atoms with van der Waals surface area (Å²) in [6, 6.07) is 9.12. The minimum absolute atomic E-state index is 0.0220. The van der Waals surface area contributed by atoms with Crippen LogP contribution in [0.15, 0.2) is 62.8 Å². The number of ketones is 1. The third-order valence-corrected chi connectivity index (χ3v) is 5.85. The number of aliphatic hydroxyl groups is 1. The van der Waals surface area contributed by atoms with Crippen LogP contribution in [0.2, 0.25) is 5.02 Å². The second-order valence-electron chi connectivity index (χ2n) is 7.33. The summed E-state index contributed by atoms with van der Waals surface area (Å²) in [4.78, 5) is 29.9. The molecule has 31 heavy (non-hydrogen) atoms. The van der Waals surface area contributed by atoms with Crippen molar-refractivity contribution in [1.29, 1.82) is 0 Å². The molecule has 162 valence electrons. The largest absolute Gasteiger partial charge is 0.503 e. The molecule has 1 aromatic carbocycles. The molecule has 2 aromatic heterocycles. The van der Waals surface area contributed by atoms with E-state index in [1.54, 1.807) is 36.4 Å². The maximum absolute atomic E-state index is 13.4. The van der Waals surface area contributed by atoms with Crippen molar-refractivity contribution in [2.75, 3.05) is 26.2 Å². The quantitative estimate of drug-likeness (QED) is 0.513. The second-order valence-corrected chi connectivity index (χ2v) is 7.76. The van der Waals surface area contributed by atoms with E-state index in [9.17, 15) is 14.7 Å². The van der Waals surface area contributed by atoms with Gasteiger partial charge in [0.05, 0.1) is 11.8 Å². The van der Waals surface area contributed by atoms with Crippen molar-refractivity contribution in [3.05, 3.63) is 70.5 Å². The number of amides is 1. The molecule has 0 spiro atoms. The first-order valence-electron chi connectivity index (χ1n) is 10.2. The summed E-state index contributed by atoms with van der Waals surface area (Å²) in [7, 11) is 0. The van der Waals surface area contributed by atoms with Crippen LogP contribution in [-0.4, -0.2) is 52.8 Å². The summed E-state index contributed by atoms with van der Waals surface area (Å²) in [5.41, 5.74) is 0.440. The van der Waals surface area contributed by atoms with Crippen LogP contribution in [-0.2, 0) is 4.79 Å². The lowest BCUT2D eigenvalue weighted by molar-refractivity contribution is -0.129. The zero-order valence-electron chi connectivity index (χ0n) is 17.3. The Labute approximate surface area is 184 Å². The van der Waals surface area contributed by atoms with Gasteiger partial charge in [-0.3, -0.25) is 9.59 Å². The van der Waals surface area contributed by atoms with Gasteiger partial charge >= 0.3 is 0 Å². The van der Waals surface area contributed by atoms with Gasteiger partial charge in [0.1, 0.15) is 17.4 Å². The summed E-state index contributed by atoms with van der Waals surface area (Å²) in [5.74, 6) is -1.32. The molecule has 1 aliphatic rings. The van der Waals surface area contributed by atoms with Gasteiger partial charge in [-0.25, -0.2) is 0 Å². The minimum Gasteiger partial charge on any atom is -0.503 e. The summed E-state index contributed by atoms with van der Waals surface area (Å²) < 4.78 is 11.2. The summed E-state index contributed by atoms with van der Waals surface area (Å²) in [5, 5.41) is 11.9. The van der Waals surface area contributed by atoms with E-state index >= 15 is 0 Å². The van der Waals surface area contributed by atoms with Gasteiger partial charge < -0.3 is 23.7 Å². The molecule has 4 rings (SSSR count). The predicted octanol–water partition coefficient (Wildman–Crippen LogP) is 4.60. The fourth-order valence-electron chi connectivity index (χ4n) is 3.91. The first kappa shape index (κ1) is 21.2. The molecule has 1 aliphatic heterocycles. The Morgan fingerprint density at radius 2 is 2.00 bits per heavy atom. The zero-order valence-corrected chi connectivity index (χ0v) is 18.1. The number of nitrogens with zero attached hydrogens (tertiary/aromatic N) is 2. The Morgan fingerprint density at radius 1 is 1.23 bits per heavy atom. The van der Waals surface area contributed by atoms with Crippen LogP contribution in [0.5, 0.6) is 0 Å². The topological polar surface area (TPSA) is 87.1 Å². The molecule has 0 bridgehead atoms. The van der Waals surface area contributed by atoms with Gasteiger partial charge in [0.15, 0.2) is 11.5 Å². The van der Waals surface area contributed by atoms with Gasteiger partial charge in [0.25, 0.3) is 5.91 Å². The molecule has 1 unspecified atom stereocenters. The molecule has 7 nitrogen and oxygen atoms in total. The lowest BCUT2D eigenvalue weighted by atomic mass is 9.99. The second kappa shape index (κ2) is 8.61. The number of halogens is 1. The van der Waals surface area contributed by atoms with E-state index in [-0.39, 0.29) is 11.3 Å². The van der Waals surface area contributed by atoms with Crippen molar-refractivity contribution in [3.63, 3.8) is 0 Å². The van der Waals surface area contributed by atoms with E-state index in [0.29, 0.717) is 34.8 Å². The molecule has 0 saturated heterocycles. The fourth-order valence-corrected chi connectivity index (χ4v) is 4.09. The molecule has 1 amide bonds. The molecule has 0 fully saturated rings. The maximum atomic E-state index is 13.4. The molecule has 3 heterocycles. The van der Waals surface area contributed by atoms with Crippen LogP contribution in [0.3, 0.4) is 0 Å². The van der Waals surface area contributed by atoms with Crippen LogP contribution in [0, 0.1) is 0 Å². The van der Waals surface area contributed by atoms with Gasteiger partial charge in [0, 0.05) is 23.5 Å². The molecular weight excluding hydrogens is 420 g/mol. The number of carbonyl (C=O) groups excluding carboxylic acids is 2. The molecule has 3 aromatic rings. The van der Waals surface area contributed by atoms with Crippen LogP contribution in [0.1, 0.15) is 36.2 Å². The van der Waals surface area contributed by atoms with Crippen molar-refractivity contribution >= 4 is 34.3 Å². The monoisotopic (exact) mass is 442 g/mol. The van der Waals surface area contributed by atoms with Crippen molar-refractivity contribution in [2.24, 2.45) is 0 Å². The van der Waals surface area contributed by atoms with Crippen LogP contribution in [0.4, 0.5) is 0 Å². The number of carbonyl (C=O) groups is 2. The van der Waals surface area contributed by atoms with E-state index < -0.39 is 23.5 Å². The number of aliphatic hydroxyl groups excluding tert-OH is 1. The SMILES string of the molecule is CCN(CC)CCN1C(=O)C(O)=C(C(=O)c2cc3cc(Cl)ccc3o2)C1c1ccco1. The smallest absolute Gasteiger partial charge is 0.290 e. The standard InChI is InChI=1S/C23H23ClN2O5/c1-3-25(4-2)9-10-26-20(17-6-5-11-30-17)19(22(28)23(26)29)21(27)18-13-14-12-15(24)7-8-16(14)31-18/h5-8,11-13,20,28H,3-4,9-10H2,1-2H3. The normalized spacial score (nSPS) is 16.8. The number of Topliss-reactive ketones (excluding diaryl/α,β-unsaturated/α-hetero) is 1. The van der Waals surface area contributed by atoms with Gasteiger partial charge in [0.2, 0.25) is 5.78 Å². The Morgan fingerprint density at radius 3 is 2.68 bits per heavy atom. The Balaban J connectivity index is 1.71. The van der Waals surface area contributed by atoms with Gasteiger partial charge in [-0.05, 0) is 49.5 Å². The first-order valence-corrected chi connectivity index (χ1v) is 10.6. The lowest BCUT2D eigenvalue weighted by Crippen LogP contribution is -2.38. The van der Waals surface area contributed by atoms with E-state index in [4.69, 9.17) is 20.4 Å². The number of rotatable bonds is 8.